The largest absolute Gasteiger partial charge is 0.493 e. The summed E-state index contributed by atoms with van der Waals surface area (Å²) in [6.45, 7) is 2.03. The minimum atomic E-state index is -0.0316. The lowest BCUT2D eigenvalue weighted by atomic mass is 9.99. The van der Waals surface area contributed by atoms with E-state index < -0.39 is 0 Å². The molecule has 1 aliphatic rings. The van der Waals surface area contributed by atoms with Crippen LogP contribution in [0.4, 0.5) is 0 Å². The van der Waals surface area contributed by atoms with E-state index in [1.807, 2.05) is 41.0 Å². The number of benzene rings is 2. The van der Waals surface area contributed by atoms with Crippen LogP contribution in [0.15, 0.2) is 47.3 Å². The van der Waals surface area contributed by atoms with E-state index in [2.05, 4.69) is 23.0 Å². The van der Waals surface area contributed by atoms with Gasteiger partial charge in [0.1, 0.15) is 6.61 Å². The third-order valence-electron chi connectivity index (χ3n) is 5.12. The summed E-state index contributed by atoms with van der Waals surface area (Å²) in [6, 6.07) is 14.0. The standard InChI is InChI=1S/C20H23N3O3/c1-22(10-11-26-18-9-4-3-8-17(18)25-2)15-12-14-6-5-7-16-19(14)23(13-15)20(24)21-16/h3-9,15H,10-13H2,1-2H3,(H,21,24)/t15-/m1/s1. The van der Waals surface area contributed by atoms with Gasteiger partial charge in [0.2, 0.25) is 0 Å². The van der Waals surface area contributed by atoms with Crippen molar-refractivity contribution in [3.63, 3.8) is 0 Å². The lowest BCUT2D eigenvalue weighted by Gasteiger charge is -2.31. The van der Waals surface area contributed by atoms with Crippen molar-refractivity contribution < 1.29 is 9.47 Å². The van der Waals surface area contributed by atoms with Crippen molar-refractivity contribution in [2.45, 2.75) is 19.0 Å². The normalized spacial score (nSPS) is 16.2. The van der Waals surface area contributed by atoms with Gasteiger partial charge in [-0.3, -0.25) is 9.47 Å². The number of aromatic nitrogens is 2. The molecule has 2 aromatic carbocycles. The third-order valence-corrected chi connectivity index (χ3v) is 5.12. The number of hydrogen-bond acceptors (Lipinski definition) is 4. The number of aromatic amines is 1. The maximum Gasteiger partial charge on any atom is 0.326 e. The molecule has 2 heterocycles. The van der Waals surface area contributed by atoms with Gasteiger partial charge in [0, 0.05) is 19.1 Å². The van der Waals surface area contributed by atoms with Gasteiger partial charge in [-0.1, -0.05) is 24.3 Å². The Labute approximate surface area is 152 Å². The topological polar surface area (TPSA) is 59.5 Å². The Morgan fingerprint density at radius 1 is 1.19 bits per heavy atom. The summed E-state index contributed by atoms with van der Waals surface area (Å²) in [5, 5.41) is 0. The van der Waals surface area contributed by atoms with E-state index in [1.165, 1.54) is 5.56 Å². The van der Waals surface area contributed by atoms with Crippen molar-refractivity contribution in [1.29, 1.82) is 0 Å². The lowest BCUT2D eigenvalue weighted by Crippen LogP contribution is -2.43. The second-order valence-electron chi connectivity index (χ2n) is 6.69. The van der Waals surface area contributed by atoms with Crippen LogP contribution < -0.4 is 15.2 Å². The first kappa shape index (κ1) is 16.7. The van der Waals surface area contributed by atoms with Crippen LogP contribution in [-0.4, -0.2) is 47.8 Å². The minimum Gasteiger partial charge on any atom is -0.493 e. The number of nitrogens with zero attached hydrogens (tertiary/aromatic N) is 2. The molecule has 4 rings (SSSR count). The Morgan fingerprint density at radius 2 is 2.00 bits per heavy atom. The maximum atomic E-state index is 12.2. The second kappa shape index (κ2) is 6.88. The molecule has 0 aliphatic carbocycles. The Kier molecular flexibility index (Phi) is 4.42. The molecule has 0 spiro atoms. The van der Waals surface area contributed by atoms with Crippen LogP contribution in [0, 0.1) is 0 Å². The number of imidazole rings is 1. The number of hydrogen-bond donors (Lipinski definition) is 1. The molecule has 26 heavy (non-hydrogen) atoms. The molecular formula is C20H23N3O3. The van der Waals surface area contributed by atoms with Crippen molar-refractivity contribution in [3.8, 4) is 11.5 Å². The van der Waals surface area contributed by atoms with Gasteiger partial charge in [-0.2, -0.15) is 0 Å². The van der Waals surface area contributed by atoms with Gasteiger partial charge in [0.25, 0.3) is 0 Å². The predicted molar refractivity (Wildman–Crippen MR) is 101 cm³/mol. The first-order valence-corrected chi connectivity index (χ1v) is 8.84. The molecular weight excluding hydrogens is 330 g/mol. The lowest BCUT2D eigenvalue weighted by molar-refractivity contribution is 0.171. The molecule has 1 N–H and O–H groups in total. The molecule has 0 amide bonds. The molecule has 0 saturated heterocycles. The van der Waals surface area contributed by atoms with Crippen LogP contribution in [0.3, 0.4) is 0 Å². The molecule has 0 unspecified atom stereocenters. The van der Waals surface area contributed by atoms with E-state index in [9.17, 15) is 4.79 Å². The summed E-state index contributed by atoms with van der Waals surface area (Å²) >= 11 is 0. The van der Waals surface area contributed by atoms with Crippen LogP contribution >= 0.6 is 0 Å². The molecule has 0 bridgehead atoms. The monoisotopic (exact) mass is 353 g/mol. The molecule has 1 aromatic heterocycles. The van der Waals surface area contributed by atoms with Gasteiger partial charge >= 0.3 is 5.69 Å². The predicted octanol–water partition coefficient (Wildman–Crippen LogP) is 2.27. The quantitative estimate of drug-likeness (QED) is 0.739. The third kappa shape index (κ3) is 2.97. The van der Waals surface area contributed by atoms with E-state index in [0.717, 1.165) is 35.5 Å². The fraction of sp³-hybridized carbons (Fsp3) is 0.350. The summed E-state index contributed by atoms with van der Waals surface area (Å²) in [7, 11) is 3.72. The average Bonchev–Trinajstić information content (AvgIpc) is 2.99. The summed E-state index contributed by atoms with van der Waals surface area (Å²) in [6.07, 6.45) is 0.930. The summed E-state index contributed by atoms with van der Waals surface area (Å²) in [4.78, 5) is 17.5. The van der Waals surface area contributed by atoms with E-state index in [0.29, 0.717) is 13.2 Å². The van der Waals surface area contributed by atoms with E-state index in [4.69, 9.17) is 9.47 Å². The van der Waals surface area contributed by atoms with Gasteiger partial charge in [-0.15, -0.1) is 0 Å². The Bertz CT molecular complexity index is 976. The van der Waals surface area contributed by atoms with E-state index in [-0.39, 0.29) is 11.7 Å². The zero-order valence-corrected chi connectivity index (χ0v) is 15.1. The van der Waals surface area contributed by atoms with Crippen LogP contribution in [-0.2, 0) is 13.0 Å². The van der Waals surface area contributed by atoms with Gasteiger partial charge in [0.05, 0.1) is 18.1 Å². The van der Waals surface area contributed by atoms with E-state index >= 15 is 0 Å². The minimum absolute atomic E-state index is 0.0316. The van der Waals surface area contributed by atoms with Crippen molar-refractivity contribution >= 4 is 11.0 Å². The molecule has 0 radical (unpaired) electrons. The number of methoxy groups -OCH3 is 1. The summed E-state index contributed by atoms with van der Waals surface area (Å²) in [5.74, 6) is 1.49. The SMILES string of the molecule is COc1ccccc1OCCN(C)[C@@H]1Cc2cccc3[nH]c(=O)n(c23)C1. The molecule has 1 atom stereocenters. The molecule has 1 aliphatic heterocycles. The average molecular weight is 353 g/mol. The highest BCUT2D eigenvalue weighted by Gasteiger charge is 2.25. The van der Waals surface area contributed by atoms with Crippen molar-refractivity contribution in [3.05, 3.63) is 58.5 Å². The molecule has 0 saturated carbocycles. The van der Waals surface area contributed by atoms with E-state index in [1.54, 1.807) is 7.11 Å². The molecule has 136 valence electrons. The van der Waals surface area contributed by atoms with Crippen molar-refractivity contribution in [1.82, 2.24) is 14.5 Å². The zero-order chi connectivity index (χ0) is 18.1. The first-order valence-electron chi connectivity index (χ1n) is 8.84. The molecule has 3 aromatic rings. The van der Waals surface area contributed by atoms with Gasteiger partial charge in [0.15, 0.2) is 11.5 Å². The summed E-state index contributed by atoms with van der Waals surface area (Å²) in [5.41, 5.74) is 3.16. The maximum absolute atomic E-state index is 12.2. The van der Waals surface area contributed by atoms with Gasteiger partial charge in [-0.05, 0) is 37.2 Å². The van der Waals surface area contributed by atoms with Crippen LogP contribution in [0.5, 0.6) is 11.5 Å². The highest BCUT2D eigenvalue weighted by Crippen LogP contribution is 2.26. The number of nitrogens with one attached hydrogen (secondary N) is 1. The summed E-state index contributed by atoms with van der Waals surface area (Å²) < 4.78 is 13.1. The number of likely N-dealkylation sites (N-methyl/N-ethyl adjacent to an activating group) is 1. The second-order valence-corrected chi connectivity index (χ2v) is 6.69. The molecule has 0 fully saturated rings. The number of para-hydroxylation sites is 3. The van der Waals surface area contributed by atoms with Crippen molar-refractivity contribution in [2.75, 3.05) is 27.3 Å². The van der Waals surface area contributed by atoms with Crippen LogP contribution in [0.2, 0.25) is 0 Å². The van der Waals surface area contributed by atoms with Crippen LogP contribution in [0.25, 0.3) is 11.0 Å². The Balaban J connectivity index is 1.42. The number of H-pyrrole nitrogens is 1. The fourth-order valence-electron chi connectivity index (χ4n) is 3.68. The molecule has 6 nitrogen and oxygen atoms in total. The fourth-order valence-corrected chi connectivity index (χ4v) is 3.68. The van der Waals surface area contributed by atoms with Gasteiger partial charge < -0.3 is 14.5 Å². The van der Waals surface area contributed by atoms with Crippen LogP contribution in [0.1, 0.15) is 5.56 Å². The smallest absolute Gasteiger partial charge is 0.326 e. The Hall–Kier alpha value is -2.73. The number of ether oxygens (including phenoxy) is 2. The number of rotatable bonds is 6. The highest BCUT2D eigenvalue weighted by atomic mass is 16.5. The Morgan fingerprint density at radius 3 is 2.81 bits per heavy atom. The highest BCUT2D eigenvalue weighted by molar-refractivity contribution is 5.79. The zero-order valence-electron chi connectivity index (χ0n) is 15.1. The van der Waals surface area contributed by atoms with Crippen molar-refractivity contribution in [2.24, 2.45) is 0 Å². The first-order chi connectivity index (χ1) is 12.7. The van der Waals surface area contributed by atoms with Gasteiger partial charge in [-0.25, -0.2) is 4.79 Å². The molecule has 6 heteroatoms.